The summed E-state index contributed by atoms with van der Waals surface area (Å²) in [6.07, 6.45) is 0. The lowest BCUT2D eigenvalue weighted by molar-refractivity contribution is 1.11. The molecule has 0 unspecified atom stereocenters. The summed E-state index contributed by atoms with van der Waals surface area (Å²) in [5.74, 6) is 0.432. The van der Waals surface area contributed by atoms with E-state index < -0.39 is 0 Å². The predicted molar refractivity (Wildman–Crippen MR) is 109 cm³/mol. The Hall–Kier alpha value is -3.10. The molecule has 0 atom stereocenters. The smallest absolute Gasteiger partial charge is 0.175 e. The zero-order valence-corrected chi connectivity index (χ0v) is 15.4. The number of benzene rings is 2. The third-order valence-corrected chi connectivity index (χ3v) is 4.82. The van der Waals surface area contributed by atoms with Crippen molar-refractivity contribution in [3.05, 3.63) is 52.0 Å². The number of aromatic amines is 1. The van der Waals surface area contributed by atoms with Crippen LogP contribution in [-0.2, 0) is 0 Å². The van der Waals surface area contributed by atoms with E-state index in [1.807, 2.05) is 30.3 Å². The van der Waals surface area contributed by atoms with Gasteiger partial charge in [-0.25, -0.2) is 4.99 Å². The third kappa shape index (κ3) is 3.20. The van der Waals surface area contributed by atoms with Crippen molar-refractivity contribution < 1.29 is 0 Å². The molecule has 6 N–H and O–H groups in total. The molecule has 0 saturated heterocycles. The molecule has 0 spiro atoms. The molecule has 0 radical (unpaired) electrons. The summed E-state index contributed by atoms with van der Waals surface area (Å²) < 4.78 is 0. The monoisotopic (exact) mass is 400 g/mol. The number of nitrogen functional groups attached to an aromatic ring is 2. The number of nitrogens with zero attached hydrogens (tertiary/aromatic N) is 4. The Morgan fingerprint density at radius 1 is 1.04 bits per heavy atom. The van der Waals surface area contributed by atoms with Crippen molar-refractivity contribution in [2.75, 3.05) is 23.3 Å². The Morgan fingerprint density at radius 3 is 2.63 bits per heavy atom. The fraction of sp³-hybridized carbons (Fsp3) is 0.0588. The molecular weight excluding hydrogens is 387 g/mol. The highest BCUT2D eigenvalue weighted by Gasteiger charge is 2.19. The van der Waals surface area contributed by atoms with Gasteiger partial charge >= 0.3 is 0 Å². The van der Waals surface area contributed by atoms with Gasteiger partial charge in [-0.1, -0.05) is 41.4 Å². The highest BCUT2D eigenvalue weighted by atomic mass is 35.5. The van der Waals surface area contributed by atoms with Gasteiger partial charge in [-0.3, -0.25) is 5.10 Å². The molecule has 0 saturated carbocycles. The van der Waals surface area contributed by atoms with Crippen LogP contribution >= 0.6 is 23.2 Å². The standard InChI is InChI=1S/C17H14Cl2N8/c18-9-5-6-11-14(13(9)19)23-12(7-22-11)8-3-1-2-4-10(8)24-25-15-16(20)26-27-17(15)21/h1-6,22H,7H2,(H5,20,21,26,27). The largest absolute Gasteiger partial charge is 0.382 e. The number of fused-ring (bicyclic) bond motifs is 1. The zero-order valence-electron chi connectivity index (χ0n) is 13.9. The van der Waals surface area contributed by atoms with Crippen molar-refractivity contribution in [1.82, 2.24) is 10.2 Å². The quantitative estimate of drug-likeness (QED) is 0.468. The van der Waals surface area contributed by atoms with Gasteiger partial charge in [-0.2, -0.15) is 5.10 Å². The van der Waals surface area contributed by atoms with Crippen molar-refractivity contribution >= 4 is 63.3 Å². The molecule has 3 aromatic rings. The SMILES string of the molecule is Nc1n[nH]c(N)c1N=Nc1ccccc1C1=Nc2c(ccc(Cl)c2Cl)NC1. The Kier molecular flexibility index (Phi) is 4.43. The summed E-state index contributed by atoms with van der Waals surface area (Å²) in [6, 6.07) is 11.1. The first kappa shape index (κ1) is 17.3. The molecule has 0 amide bonds. The van der Waals surface area contributed by atoms with Gasteiger partial charge < -0.3 is 16.8 Å². The van der Waals surface area contributed by atoms with Crippen LogP contribution in [-0.4, -0.2) is 22.5 Å². The first-order valence-corrected chi connectivity index (χ1v) is 8.70. The normalized spacial score (nSPS) is 13.3. The third-order valence-electron chi connectivity index (χ3n) is 4.03. The van der Waals surface area contributed by atoms with Crippen LogP contribution in [0.25, 0.3) is 0 Å². The van der Waals surface area contributed by atoms with E-state index in [1.165, 1.54) is 0 Å². The zero-order chi connectivity index (χ0) is 19.0. The molecule has 8 nitrogen and oxygen atoms in total. The number of rotatable bonds is 3. The van der Waals surface area contributed by atoms with Crippen LogP contribution in [0.15, 0.2) is 51.6 Å². The van der Waals surface area contributed by atoms with E-state index in [-0.39, 0.29) is 11.6 Å². The fourth-order valence-corrected chi connectivity index (χ4v) is 3.04. The molecule has 136 valence electrons. The number of nitrogens with two attached hydrogens (primary N) is 2. The van der Waals surface area contributed by atoms with Gasteiger partial charge in [0.25, 0.3) is 0 Å². The minimum atomic E-state index is 0.181. The Labute approximate surface area is 164 Å². The molecule has 1 aromatic heterocycles. The van der Waals surface area contributed by atoms with Crippen molar-refractivity contribution in [3.8, 4) is 0 Å². The van der Waals surface area contributed by atoms with Gasteiger partial charge in [0.1, 0.15) is 11.5 Å². The number of nitrogens with one attached hydrogen (secondary N) is 2. The Morgan fingerprint density at radius 2 is 1.85 bits per heavy atom. The van der Waals surface area contributed by atoms with Crippen LogP contribution < -0.4 is 16.8 Å². The number of hydrogen-bond acceptors (Lipinski definition) is 7. The van der Waals surface area contributed by atoms with Gasteiger partial charge in [0, 0.05) is 5.56 Å². The fourth-order valence-electron chi connectivity index (χ4n) is 2.68. The van der Waals surface area contributed by atoms with Crippen LogP contribution in [0.2, 0.25) is 10.0 Å². The molecule has 4 rings (SSSR count). The number of aromatic nitrogens is 2. The Bertz CT molecular complexity index is 1070. The lowest BCUT2D eigenvalue weighted by Crippen LogP contribution is -2.18. The van der Waals surface area contributed by atoms with E-state index in [9.17, 15) is 0 Å². The summed E-state index contributed by atoms with van der Waals surface area (Å²) >= 11 is 12.4. The molecule has 0 fully saturated rings. The van der Waals surface area contributed by atoms with E-state index in [0.29, 0.717) is 33.7 Å². The number of anilines is 3. The molecule has 10 heteroatoms. The summed E-state index contributed by atoms with van der Waals surface area (Å²) in [6.45, 7) is 0.507. The molecule has 0 bridgehead atoms. The van der Waals surface area contributed by atoms with Crippen molar-refractivity contribution in [1.29, 1.82) is 0 Å². The second-order valence-corrected chi connectivity index (χ2v) is 6.54. The topological polar surface area (TPSA) is 130 Å². The minimum absolute atomic E-state index is 0.181. The summed E-state index contributed by atoms with van der Waals surface area (Å²) in [7, 11) is 0. The molecule has 27 heavy (non-hydrogen) atoms. The highest BCUT2D eigenvalue weighted by molar-refractivity contribution is 6.44. The molecule has 1 aliphatic rings. The molecule has 2 aromatic carbocycles. The van der Waals surface area contributed by atoms with E-state index >= 15 is 0 Å². The molecular formula is C17H14Cl2N8. The number of azo groups is 1. The number of aliphatic imine (C=N–C) groups is 1. The van der Waals surface area contributed by atoms with Crippen LogP contribution in [0, 0.1) is 0 Å². The lowest BCUT2D eigenvalue weighted by Gasteiger charge is -2.19. The van der Waals surface area contributed by atoms with Crippen molar-refractivity contribution in [3.63, 3.8) is 0 Å². The van der Waals surface area contributed by atoms with Crippen molar-refractivity contribution in [2.24, 2.45) is 15.2 Å². The molecule has 0 aliphatic carbocycles. The van der Waals surface area contributed by atoms with Crippen molar-refractivity contribution in [2.45, 2.75) is 0 Å². The van der Waals surface area contributed by atoms with Gasteiger partial charge in [0.05, 0.1) is 33.7 Å². The highest BCUT2D eigenvalue weighted by Crippen LogP contribution is 2.41. The molecule has 2 heterocycles. The second kappa shape index (κ2) is 6.90. The number of hydrogen-bond donors (Lipinski definition) is 4. The van der Waals surface area contributed by atoms with Crippen LogP contribution in [0.1, 0.15) is 5.56 Å². The van der Waals surface area contributed by atoms with E-state index in [4.69, 9.17) is 34.7 Å². The minimum Gasteiger partial charge on any atom is -0.382 e. The number of H-pyrrole nitrogens is 1. The summed E-state index contributed by atoms with van der Waals surface area (Å²) in [5.41, 5.74) is 15.4. The van der Waals surface area contributed by atoms with Gasteiger partial charge in [0.2, 0.25) is 0 Å². The van der Waals surface area contributed by atoms with E-state index in [1.54, 1.807) is 6.07 Å². The maximum absolute atomic E-state index is 6.31. The van der Waals surface area contributed by atoms with Gasteiger partial charge in [-0.05, 0) is 18.2 Å². The Balaban J connectivity index is 1.76. The van der Waals surface area contributed by atoms with Crippen LogP contribution in [0.4, 0.5) is 34.4 Å². The average Bonchev–Trinajstić information content (AvgIpc) is 3.01. The molecule has 1 aliphatic heterocycles. The maximum atomic E-state index is 6.31. The first-order chi connectivity index (χ1) is 13.0. The predicted octanol–water partition coefficient (Wildman–Crippen LogP) is 4.84. The number of halogens is 2. The second-order valence-electron chi connectivity index (χ2n) is 5.76. The van der Waals surface area contributed by atoms with Crippen LogP contribution in [0.5, 0.6) is 0 Å². The van der Waals surface area contributed by atoms with Gasteiger partial charge in [-0.15, -0.1) is 10.2 Å². The maximum Gasteiger partial charge on any atom is 0.175 e. The average molecular weight is 401 g/mol. The summed E-state index contributed by atoms with van der Waals surface area (Å²) in [4.78, 5) is 4.68. The van der Waals surface area contributed by atoms with E-state index in [0.717, 1.165) is 17.0 Å². The van der Waals surface area contributed by atoms with Crippen LogP contribution in [0.3, 0.4) is 0 Å². The lowest BCUT2D eigenvalue weighted by atomic mass is 10.1. The summed E-state index contributed by atoms with van der Waals surface area (Å²) in [5, 5.41) is 18.9. The van der Waals surface area contributed by atoms with Gasteiger partial charge in [0.15, 0.2) is 11.5 Å². The first-order valence-electron chi connectivity index (χ1n) is 7.94. The van der Waals surface area contributed by atoms with E-state index in [2.05, 4.69) is 30.7 Å².